The molecule has 0 radical (unpaired) electrons. The first-order valence-corrected chi connectivity index (χ1v) is 30.3. The Balaban J connectivity index is -0.000000798. The van der Waals surface area contributed by atoms with Gasteiger partial charge in [-0.2, -0.15) is 0 Å². The predicted molar refractivity (Wildman–Crippen MR) is 302 cm³/mol. The van der Waals surface area contributed by atoms with E-state index in [0.29, 0.717) is 50.5 Å². The monoisotopic (exact) mass is 1140 g/mol. The van der Waals surface area contributed by atoms with E-state index in [2.05, 4.69) is 16.0 Å². The van der Waals surface area contributed by atoms with Gasteiger partial charge in [0.25, 0.3) is 0 Å². The summed E-state index contributed by atoms with van der Waals surface area (Å²) in [4.78, 5) is 0. The third-order valence-electron chi connectivity index (χ3n) is 8.28. The van der Waals surface area contributed by atoms with Gasteiger partial charge in [0.05, 0.1) is 37.2 Å². The summed E-state index contributed by atoms with van der Waals surface area (Å²) in [6, 6.07) is 34.1. The maximum absolute atomic E-state index is 11.5. The highest BCUT2D eigenvalue weighted by molar-refractivity contribution is 8.13. The number of rotatable bonds is 21. The van der Waals surface area contributed by atoms with Gasteiger partial charge in [-0.3, -0.25) is 0 Å². The molecule has 7 N–H and O–H groups in total. The lowest BCUT2D eigenvalue weighted by Gasteiger charge is -2.12. The lowest BCUT2D eigenvalue weighted by atomic mass is 10.3. The Morgan fingerprint density at radius 1 is 0.479 bits per heavy atom. The second-order valence-corrected chi connectivity index (χ2v) is 25.5. The highest BCUT2D eigenvalue weighted by atomic mass is 35.7. The molecule has 0 fully saturated rings. The van der Waals surface area contributed by atoms with Gasteiger partial charge in [-0.1, -0.05) is 48.5 Å². The van der Waals surface area contributed by atoms with Crippen molar-refractivity contribution in [3.63, 3.8) is 0 Å². The molecule has 0 aliphatic heterocycles. The van der Waals surface area contributed by atoms with Crippen LogP contribution >= 0.6 is 33.9 Å². The van der Waals surface area contributed by atoms with Crippen molar-refractivity contribution in [2.24, 2.45) is 0 Å². The number of nitrogens with one attached hydrogen (secondary N) is 3. The van der Waals surface area contributed by atoms with Gasteiger partial charge in [-0.05, 0) is 88.3 Å². The van der Waals surface area contributed by atoms with Gasteiger partial charge < -0.3 is 36.9 Å². The van der Waals surface area contributed by atoms with Crippen molar-refractivity contribution >= 4 is 95.8 Å². The molecule has 0 heterocycles. The molecule has 0 amide bonds. The summed E-state index contributed by atoms with van der Waals surface area (Å²) in [7, 11) is 8.58. The highest BCUT2D eigenvalue weighted by Crippen LogP contribution is 2.17. The fourth-order valence-corrected chi connectivity index (χ4v) is 8.39. The van der Waals surface area contributed by atoms with Crippen LogP contribution < -0.4 is 36.9 Å². The Morgan fingerprint density at radius 3 is 1.14 bits per heavy atom. The lowest BCUT2D eigenvalue weighted by molar-refractivity contribution is 0.415. The molecule has 0 spiro atoms. The summed E-state index contributed by atoms with van der Waals surface area (Å²) in [5, 5.41) is 9.09. The van der Waals surface area contributed by atoms with Crippen LogP contribution in [0.2, 0.25) is 0 Å². The molecule has 0 saturated heterocycles. The number of alkyl halides is 2. The largest absolute Gasteiger partial charge is 0.497 e. The average molecular weight is 1140 g/mol. The van der Waals surface area contributed by atoms with Crippen LogP contribution in [0.4, 0.5) is 22.7 Å². The van der Waals surface area contributed by atoms with Crippen molar-refractivity contribution in [1.82, 2.24) is 18.2 Å². The summed E-state index contributed by atoms with van der Waals surface area (Å²) in [6.45, 7) is 1.28. The minimum Gasteiger partial charge on any atom is -0.497 e. The highest BCUT2D eigenvalue weighted by Gasteiger charge is 2.14. The Hall–Kier alpha value is -3.81. The fraction of sp³-hybridized carbons (Fsp3) is 0.478. The van der Waals surface area contributed by atoms with E-state index < -0.39 is 39.1 Å². The second kappa shape index (κ2) is 41.6. The lowest BCUT2D eigenvalue weighted by Crippen LogP contribution is -2.26. The number of nitrogen functional groups attached to an aromatic ring is 2. The molecular weight excluding hydrogens is 1060 g/mol. The maximum atomic E-state index is 11.5. The minimum atomic E-state index is -3.30. The topological polar surface area (TPSA) is 253 Å². The zero-order valence-corrected chi connectivity index (χ0v) is 48.3. The van der Waals surface area contributed by atoms with Crippen molar-refractivity contribution in [2.45, 2.75) is 25.7 Å². The van der Waals surface area contributed by atoms with Crippen LogP contribution in [-0.4, -0.2) is 165 Å². The molecule has 4 aromatic rings. The summed E-state index contributed by atoms with van der Waals surface area (Å²) in [6.07, 6.45) is 2.11. The van der Waals surface area contributed by atoms with Gasteiger partial charge >= 0.3 is 0 Å². The van der Waals surface area contributed by atoms with Crippen LogP contribution in [0.25, 0.3) is 0 Å². The summed E-state index contributed by atoms with van der Waals surface area (Å²) < 4.78 is 102. The number of nitrogens with two attached hydrogens (primary N) is 2. The number of methoxy groups -OCH3 is 2. The number of hydrogen-bond acceptors (Lipinski definition) is 15. The van der Waals surface area contributed by atoms with Gasteiger partial charge in [-0.15, -0.1) is 23.2 Å². The summed E-state index contributed by atoms with van der Waals surface area (Å²) in [5.74, 6) is 2.76. The van der Waals surface area contributed by atoms with E-state index in [9.17, 15) is 33.7 Å². The molecule has 4 aromatic carbocycles. The SMILES string of the molecule is CN(C)S(=O)(=O)CCCCl.CN(C)S(=O)(=O)CCCNc1ccccc1.CNC.COc1cccc(N)c1.COc1cccc(NCCCS(=O)(=O)N(C)C)c1.Nc1ccccc1.O=S(=O)(Cl)CCCCl. The van der Waals surface area contributed by atoms with Crippen molar-refractivity contribution in [3.05, 3.63) is 109 Å². The first-order chi connectivity index (χ1) is 33.2. The quantitative estimate of drug-likeness (QED) is 0.0248. The second-order valence-electron chi connectivity index (χ2n) is 15.0. The number of ether oxygens (including phenoxy) is 2. The first kappa shape index (κ1) is 71.4. The number of hydrogen-bond donors (Lipinski definition) is 5. The number of anilines is 4. The van der Waals surface area contributed by atoms with Crippen LogP contribution in [-0.2, 0) is 39.1 Å². The van der Waals surface area contributed by atoms with Gasteiger partial charge in [0, 0.05) is 113 Å². The molecular formula is C46H79Cl3N8O10S4. The van der Waals surface area contributed by atoms with Crippen LogP contribution in [0.1, 0.15) is 25.7 Å². The van der Waals surface area contributed by atoms with E-state index in [1.54, 1.807) is 48.5 Å². The van der Waals surface area contributed by atoms with E-state index in [4.69, 9.17) is 54.8 Å². The minimum absolute atomic E-state index is 0.0297. The molecule has 0 aliphatic carbocycles. The summed E-state index contributed by atoms with van der Waals surface area (Å²) >= 11 is 10.5. The van der Waals surface area contributed by atoms with Crippen molar-refractivity contribution < 1.29 is 43.1 Å². The van der Waals surface area contributed by atoms with Crippen LogP contribution in [0.5, 0.6) is 11.5 Å². The molecule has 4 rings (SSSR count). The normalized spacial score (nSPS) is 10.9. The molecule has 0 aliphatic rings. The molecule has 18 nitrogen and oxygen atoms in total. The zero-order chi connectivity index (χ0) is 54.9. The molecule has 71 heavy (non-hydrogen) atoms. The average Bonchev–Trinajstić information content (AvgIpc) is 3.32. The Kier molecular flexibility index (Phi) is 41.9. The number of sulfonamides is 3. The Bertz CT molecular complexity index is 2380. The van der Waals surface area contributed by atoms with E-state index in [1.165, 1.54) is 27.0 Å². The Labute approximate surface area is 441 Å². The number of nitrogens with zero attached hydrogens (tertiary/aromatic N) is 3. The van der Waals surface area contributed by atoms with Crippen LogP contribution in [0.15, 0.2) is 109 Å². The number of benzene rings is 4. The number of para-hydroxylation sites is 2. The van der Waals surface area contributed by atoms with Crippen LogP contribution in [0, 0.1) is 0 Å². The van der Waals surface area contributed by atoms with Crippen molar-refractivity contribution in [2.75, 3.05) is 141 Å². The first-order valence-electron chi connectivity index (χ1n) is 21.9. The van der Waals surface area contributed by atoms with Crippen LogP contribution in [0.3, 0.4) is 0 Å². The molecule has 25 heteroatoms. The third-order valence-corrected chi connectivity index (χ3v) is 15.8. The van der Waals surface area contributed by atoms with E-state index >= 15 is 0 Å². The molecule has 0 atom stereocenters. The molecule has 0 bridgehead atoms. The smallest absolute Gasteiger partial charge is 0.232 e. The maximum Gasteiger partial charge on any atom is 0.232 e. The number of halogens is 3. The Morgan fingerprint density at radius 2 is 0.817 bits per heavy atom. The standard InChI is InChI=1S/C12H20N2O3S.C11H18N2O2S.C7H9NO.C6H7N.C5H12ClNO2S.C3H6Cl2O2S.C2H7N/c1-14(2)18(15,16)9-5-8-13-11-6-4-7-12(10-11)17-3;1-13(2)16(14,15)10-6-9-12-11-7-4-3-5-8-11;1-9-7-4-2-3-6(8)5-7;7-6-4-2-1-3-5-6;1-7(2)10(8,9)5-3-4-6;4-2-1-3-8(5,6)7;1-3-2/h4,6-7,10,13H,5,8-9H2,1-3H3;3-5,7-8,12H,6,9-10H2,1-2H3;2-5H,8H2,1H3;1-5H,7H2;3-5H2,1-2H3;1-3H2;3H,1-2H3. The van der Waals surface area contributed by atoms with E-state index in [0.717, 1.165) is 34.2 Å². The molecule has 408 valence electrons. The predicted octanol–water partition coefficient (Wildman–Crippen LogP) is 6.84. The van der Waals surface area contributed by atoms with E-state index in [-0.39, 0.29) is 23.0 Å². The van der Waals surface area contributed by atoms with Crippen molar-refractivity contribution in [1.29, 1.82) is 0 Å². The summed E-state index contributed by atoms with van der Waals surface area (Å²) in [5.41, 5.74) is 14.3. The van der Waals surface area contributed by atoms with Gasteiger partial charge in [0.1, 0.15) is 11.5 Å². The van der Waals surface area contributed by atoms with Gasteiger partial charge in [0.2, 0.25) is 39.1 Å². The molecule has 0 saturated carbocycles. The molecule has 0 unspecified atom stereocenters. The zero-order valence-electron chi connectivity index (χ0n) is 42.7. The van der Waals surface area contributed by atoms with Gasteiger partial charge in [0.15, 0.2) is 0 Å². The van der Waals surface area contributed by atoms with E-state index in [1.807, 2.05) is 117 Å². The third kappa shape index (κ3) is 42.4. The fourth-order valence-electron chi connectivity index (χ4n) is 4.37. The molecule has 0 aromatic heterocycles. The van der Waals surface area contributed by atoms with Crippen molar-refractivity contribution in [3.8, 4) is 11.5 Å². The van der Waals surface area contributed by atoms with Gasteiger partial charge in [-0.25, -0.2) is 46.6 Å².